The molecule has 1 unspecified atom stereocenters. The molecule has 0 bridgehead atoms. The Morgan fingerprint density at radius 2 is 2.22 bits per heavy atom. The fourth-order valence-corrected chi connectivity index (χ4v) is 1.71. The minimum Gasteiger partial charge on any atom is -0.351 e. The van der Waals surface area contributed by atoms with Crippen molar-refractivity contribution in [1.82, 2.24) is 9.97 Å². The maximum Gasteiger partial charge on any atom is 0.329 e. The van der Waals surface area contributed by atoms with Gasteiger partial charge in [0.05, 0.1) is 4.92 Å². The molecule has 0 aromatic carbocycles. The van der Waals surface area contributed by atoms with Gasteiger partial charge in [-0.2, -0.15) is 4.98 Å². The standard InChI is InChI=1S/C11H17ClN4O2/c1-4-8(3)7-15(5-2)10-9(16(17)18)6-13-11(12)14-10/h6,8H,4-5,7H2,1-3H3. The van der Waals surface area contributed by atoms with Crippen LogP contribution in [0.25, 0.3) is 0 Å². The zero-order valence-corrected chi connectivity index (χ0v) is 11.5. The van der Waals surface area contributed by atoms with Crippen molar-refractivity contribution in [3.05, 3.63) is 21.6 Å². The van der Waals surface area contributed by atoms with Crippen LogP contribution in [0.4, 0.5) is 11.5 Å². The average molecular weight is 273 g/mol. The maximum atomic E-state index is 11.0. The lowest BCUT2D eigenvalue weighted by Crippen LogP contribution is -2.29. The molecule has 1 heterocycles. The zero-order valence-electron chi connectivity index (χ0n) is 10.8. The summed E-state index contributed by atoms with van der Waals surface area (Å²) in [5.41, 5.74) is -0.107. The van der Waals surface area contributed by atoms with E-state index in [-0.39, 0.29) is 11.0 Å². The van der Waals surface area contributed by atoms with Crippen molar-refractivity contribution in [2.45, 2.75) is 27.2 Å². The normalized spacial score (nSPS) is 12.2. The van der Waals surface area contributed by atoms with Crippen molar-refractivity contribution in [3.8, 4) is 0 Å². The highest BCUT2D eigenvalue weighted by Crippen LogP contribution is 2.26. The first-order chi connectivity index (χ1) is 8.49. The molecule has 100 valence electrons. The van der Waals surface area contributed by atoms with E-state index in [1.54, 1.807) is 0 Å². The van der Waals surface area contributed by atoms with Crippen molar-refractivity contribution in [1.29, 1.82) is 0 Å². The van der Waals surface area contributed by atoms with E-state index >= 15 is 0 Å². The molecule has 1 aromatic rings. The molecule has 0 saturated heterocycles. The van der Waals surface area contributed by atoms with E-state index in [9.17, 15) is 10.1 Å². The first kappa shape index (κ1) is 14.6. The third-order valence-electron chi connectivity index (χ3n) is 2.83. The quantitative estimate of drug-likeness (QED) is 0.452. The highest BCUT2D eigenvalue weighted by Gasteiger charge is 2.22. The summed E-state index contributed by atoms with van der Waals surface area (Å²) in [5, 5.41) is 11.0. The molecule has 1 rings (SSSR count). The highest BCUT2D eigenvalue weighted by molar-refractivity contribution is 6.28. The summed E-state index contributed by atoms with van der Waals surface area (Å²) >= 11 is 5.72. The number of hydrogen-bond acceptors (Lipinski definition) is 5. The number of rotatable bonds is 6. The van der Waals surface area contributed by atoms with Gasteiger partial charge in [0.25, 0.3) is 0 Å². The minimum absolute atomic E-state index is 0.0261. The Morgan fingerprint density at radius 3 is 2.72 bits per heavy atom. The fourth-order valence-electron chi connectivity index (χ4n) is 1.58. The minimum atomic E-state index is -0.481. The Labute approximate surface area is 111 Å². The molecule has 0 amide bonds. The van der Waals surface area contributed by atoms with Crippen LogP contribution in [-0.2, 0) is 0 Å². The summed E-state index contributed by atoms with van der Waals surface area (Å²) in [6.07, 6.45) is 2.16. The first-order valence-corrected chi connectivity index (χ1v) is 6.29. The molecule has 0 radical (unpaired) electrons. The topological polar surface area (TPSA) is 72.2 Å². The van der Waals surface area contributed by atoms with Crippen molar-refractivity contribution >= 4 is 23.1 Å². The Hall–Kier alpha value is -1.43. The lowest BCUT2D eigenvalue weighted by molar-refractivity contribution is -0.384. The van der Waals surface area contributed by atoms with Gasteiger partial charge in [-0.05, 0) is 24.4 Å². The van der Waals surface area contributed by atoms with Crippen LogP contribution in [0.1, 0.15) is 27.2 Å². The smallest absolute Gasteiger partial charge is 0.329 e. The maximum absolute atomic E-state index is 11.0. The summed E-state index contributed by atoms with van der Waals surface area (Å²) < 4.78 is 0. The van der Waals surface area contributed by atoms with E-state index in [0.29, 0.717) is 24.8 Å². The van der Waals surface area contributed by atoms with Gasteiger partial charge >= 0.3 is 5.69 Å². The molecule has 0 spiro atoms. The molecular weight excluding hydrogens is 256 g/mol. The van der Waals surface area contributed by atoms with Gasteiger partial charge in [0.2, 0.25) is 11.1 Å². The molecule has 0 aliphatic rings. The second kappa shape index (κ2) is 6.49. The van der Waals surface area contributed by atoms with E-state index in [1.165, 1.54) is 0 Å². The highest BCUT2D eigenvalue weighted by atomic mass is 35.5. The molecule has 0 aliphatic carbocycles. The number of aromatic nitrogens is 2. The van der Waals surface area contributed by atoms with Crippen molar-refractivity contribution < 1.29 is 4.92 Å². The Kier molecular flexibility index (Phi) is 5.27. The van der Waals surface area contributed by atoms with Crippen LogP contribution in [0.2, 0.25) is 5.28 Å². The van der Waals surface area contributed by atoms with Crippen LogP contribution in [0.5, 0.6) is 0 Å². The molecule has 0 saturated carbocycles. The molecule has 0 aliphatic heterocycles. The van der Waals surface area contributed by atoms with Crippen LogP contribution in [0.3, 0.4) is 0 Å². The number of halogens is 1. The Morgan fingerprint density at radius 1 is 1.56 bits per heavy atom. The summed E-state index contributed by atoms with van der Waals surface area (Å²) in [7, 11) is 0. The van der Waals surface area contributed by atoms with Crippen LogP contribution in [-0.4, -0.2) is 28.0 Å². The van der Waals surface area contributed by atoms with E-state index in [0.717, 1.165) is 12.6 Å². The molecule has 0 N–H and O–H groups in total. The van der Waals surface area contributed by atoms with Gasteiger partial charge in [0.1, 0.15) is 6.20 Å². The molecular formula is C11H17ClN4O2. The Bertz CT molecular complexity index is 428. The van der Waals surface area contributed by atoms with Crippen LogP contribution < -0.4 is 4.90 Å². The molecule has 7 heteroatoms. The zero-order chi connectivity index (χ0) is 13.7. The van der Waals surface area contributed by atoms with Gasteiger partial charge in [0, 0.05) is 13.1 Å². The van der Waals surface area contributed by atoms with Gasteiger partial charge in [-0.25, -0.2) is 4.98 Å². The number of hydrogen-bond donors (Lipinski definition) is 0. The van der Waals surface area contributed by atoms with E-state index in [4.69, 9.17) is 11.6 Å². The third-order valence-corrected chi connectivity index (χ3v) is 3.01. The van der Waals surface area contributed by atoms with Crippen LogP contribution >= 0.6 is 11.6 Å². The lowest BCUT2D eigenvalue weighted by Gasteiger charge is -2.24. The second-order valence-corrected chi connectivity index (χ2v) is 4.50. The number of anilines is 1. The van der Waals surface area contributed by atoms with E-state index in [2.05, 4.69) is 23.8 Å². The first-order valence-electron chi connectivity index (χ1n) is 5.91. The monoisotopic (exact) mass is 272 g/mol. The van der Waals surface area contributed by atoms with Gasteiger partial charge in [-0.15, -0.1) is 0 Å². The lowest BCUT2D eigenvalue weighted by atomic mass is 10.1. The molecule has 18 heavy (non-hydrogen) atoms. The average Bonchev–Trinajstić information content (AvgIpc) is 2.35. The SMILES string of the molecule is CCC(C)CN(CC)c1nc(Cl)ncc1[N+](=O)[O-]. The molecule has 6 nitrogen and oxygen atoms in total. The largest absolute Gasteiger partial charge is 0.351 e. The fraction of sp³-hybridized carbons (Fsp3) is 0.636. The summed E-state index contributed by atoms with van der Waals surface area (Å²) in [6.45, 7) is 7.46. The number of nitrogens with zero attached hydrogens (tertiary/aromatic N) is 4. The van der Waals surface area contributed by atoms with Crippen LogP contribution in [0, 0.1) is 16.0 Å². The molecule has 1 aromatic heterocycles. The van der Waals surface area contributed by atoms with Crippen molar-refractivity contribution in [3.63, 3.8) is 0 Å². The molecule has 1 atom stereocenters. The van der Waals surface area contributed by atoms with Gasteiger partial charge in [0.15, 0.2) is 0 Å². The third kappa shape index (κ3) is 3.53. The van der Waals surface area contributed by atoms with Crippen molar-refractivity contribution in [2.75, 3.05) is 18.0 Å². The van der Waals surface area contributed by atoms with Gasteiger partial charge in [-0.1, -0.05) is 20.3 Å². The summed E-state index contributed by atoms with van der Waals surface area (Å²) in [5.74, 6) is 0.723. The number of nitro groups is 1. The Balaban J connectivity index is 3.10. The van der Waals surface area contributed by atoms with E-state index in [1.807, 2.05) is 11.8 Å². The van der Waals surface area contributed by atoms with E-state index < -0.39 is 4.92 Å². The van der Waals surface area contributed by atoms with Crippen LogP contribution in [0.15, 0.2) is 6.20 Å². The summed E-state index contributed by atoms with van der Waals surface area (Å²) in [4.78, 5) is 20.0. The van der Waals surface area contributed by atoms with Gasteiger partial charge in [-0.3, -0.25) is 10.1 Å². The predicted octanol–water partition coefficient (Wildman–Crippen LogP) is 2.91. The van der Waals surface area contributed by atoms with Crippen molar-refractivity contribution in [2.24, 2.45) is 5.92 Å². The van der Waals surface area contributed by atoms with Gasteiger partial charge < -0.3 is 4.90 Å². The molecule has 0 fully saturated rings. The predicted molar refractivity (Wildman–Crippen MR) is 71.0 cm³/mol. The summed E-state index contributed by atoms with van der Waals surface area (Å²) in [6, 6.07) is 0. The second-order valence-electron chi connectivity index (χ2n) is 4.16.